The van der Waals surface area contributed by atoms with Gasteiger partial charge in [-0.2, -0.15) is 0 Å². The molecule has 0 saturated carbocycles. The molecule has 1 unspecified atom stereocenters. The SMILES string of the molecule is CN(Cc1ccnc2ccccc12)CC1CCCN1. The Balaban J connectivity index is 1.73. The number of rotatable bonds is 4. The van der Waals surface area contributed by atoms with Gasteiger partial charge in [0.2, 0.25) is 0 Å². The van der Waals surface area contributed by atoms with E-state index in [0.717, 1.165) is 18.6 Å². The summed E-state index contributed by atoms with van der Waals surface area (Å²) in [5.74, 6) is 0. The van der Waals surface area contributed by atoms with Gasteiger partial charge in [-0.1, -0.05) is 18.2 Å². The van der Waals surface area contributed by atoms with Crippen LogP contribution in [-0.4, -0.2) is 36.1 Å². The molecule has 1 N–H and O–H groups in total. The topological polar surface area (TPSA) is 28.2 Å². The van der Waals surface area contributed by atoms with Crippen molar-refractivity contribution in [3.63, 3.8) is 0 Å². The molecule has 3 rings (SSSR count). The van der Waals surface area contributed by atoms with Gasteiger partial charge in [-0.3, -0.25) is 4.98 Å². The van der Waals surface area contributed by atoms with Crippen LogP contribution in [0.2, 0.25) is 0 Å². The van der Waals surface area contributed by atoms with Crippen LogP contribution in [-0.2, 0) is 6.54 Å². The maximum Gasteiger partial charge on any atom is 0.0705 e. The molecule has 0 amide bonds. The van der Waals surface area contributed by atoms with Crippen molar-refractivity contribution in [3.8, 4) is 0 Å². The minimum absolute atomic E-state index is 0.665. The highest BCUT2D eigenvalue weighted by molar-refractivity contribution is 5.81. The van der Waals surface area contributed by atoms with Crippen LogP contribution in [0.5, 0.6) is 0 Å². The Morgan fingerprint density at radius 2 is 2.21 bits per heavy atom. The van der Waals surface area contributed by atoms with Crippen molar-refractivity contribution in [2.45, 2.75) is 25.4 Å². The van der Waals surface area contributed by atoms with Crippen LogP contribution < -0.4 is 5.32 Å². The fourth-order valence-corrected chi connectivity index (χ4v) is 2.94. The van der Waals surface area contributed by atoms with Crippen molar-refractivity contribution >= 4 is 10.9 Å². The molecule has 0 spiro atoms. The average Bonchev–Trinajstić information content (AvgIpc) is 2.92. The highest BCUT2D eigenvalue weighted by atomic mass is 15.1. The molecule has 1 aliphatic heterocycles. The molecule has 19 heavy (non-hydrogen) atoms. The van der Waals surface area contributed by atoms with Gasteiger partial charge >= 0.3 is 0 Å². The van der Waals surface area contributed by atoms with E-state index >= 15 is 0 Å². The first-order valence-corrected chi connectivity index (χ1v) is 7.07. The number of hydrogen-bond donors (Lipinski definition) is 1. The van der Waals surface area contributed by atoms with E-state index in [-0.39, 0.29) is 0 Å². The van der Waals surface area contributed by atoms with E-state index in [1.807, 2.05) is 12.3 Å². The zero-order valence-corrected chi connectivity index (χ0v) is 11.5. The third-order valence-corrected chi connectivity index (χ3v) is 3.87. The lowest BCUT2D eigenvalue weighted by atomic mass is 10.1. The van der Waals surface area contributed by atoms with E-state index in [4.69, 9.17) is 0 Å². The quantitative estimate of drug-likeness (QED) is 0.909. The Morgan fingerprint density at radius 3 is 3.05 bits per heavy atom. The second kappa shape index (κ2) is 5.68. The van der Waals surface area contributed by atoms with Crippen molar-refractivity contribution in [1.82, 2.24) is 15.2 Å². The number of fused-ring (bicyclic) bond motifs is 1. The molecule has 3 heteroatoms. The molecule has 0 radical (unpaired) electrons. The fourth-order valence-electron chi connectivity index (χ4n) is 2.94. The minimum atomic E-state index is 0.665. The summed E-state index contributed by atoms with van der Waals surface area (Å²) in [5, 5.41) is 4.83. The smallest absolute Gasteiger partial charge is 0.0705 e. The summed E-state index contributed by atoms with van der Waals surface area (Å²) < 4.78 is 0. The van der Waals surface area contributed by atoms with E-state index in [1.165, 1.54) is 30.3 Å². The van der Waals surface area contributed by atoms with Crippen molar-refractivity contribution in [2.24, 2.45) is 0 Å². The molecular weight excluding hydrogens is 234 g/mol. The van der Waals surface area contributed by atoms with Crippen LogP contribution >= 0.6 is 0 Å². The van der Waals surface area contributed by atoms with Gasteiger partial charge in [0.1, 0.15) is 0 Å². The summed E-state index contributed by atoms with van der Waals surface area (Å²) in [6.45, 7) is 3.29. The van der Waals surface area contributed by atoms with E-state index in [0.29, 0.717) is 6.04 Å². The van der Waals surface area contributed by atoms with Gasteiger partial charge in [-0.15, -0.1) is 0 Å². The highest BCUT2D eigenvalue weighted by Gasteiger charge is 2.16. The van der Waals surface area contributed by atoms with Crippen LogP contribution in [0.1, 0.15) is 18.4 Å². The van der Waals surface area contributed by atoms with Gasteiger partial charge in [0.05, 0.1) is 5.52 Å². The van der Waals surface area contributed by atoms with Gasteiger partial charge in [-0.05, 0) is 44.1 Å². The Kier molecular flexibility index (Phi) is 3.76. The monoisotopic (exact) mass is 255 g/mol. The maximum atomic E-state index is 4.42. The second-order valence-electron chi connectivity index (χ2n) is 5.48. The molecule has 2 aromatic rings. The van der Waals surface area contributed by atoms with Gasteiger partial charge in [0.15, 0.2) is 0 Å². The van der Waals surface area contributed by atoms with E-state index < -0.39 is 0 Å². The summed E-state index contributed by atoms with van der Waals surface area (Å²) in [6, 6.07) is 11.2. The summed E-state index contributed by atoms with van der Waals surface area (Å²) in [7, 11) is 2.20. The normalized spacial score (nSPS) is 19.4. The van der Waals surface area contributed by atoms with Gasteiger partial charge in [0.25, 0.3) is 0 Å². The Morgan fingerprint density at radius 1 is 1.32 bits per heavy atom. The van der Waals surface area contributed by atoms with Crippen LogP contribution in [0.4, 0.5) is 0 Å². The van der Waals surface area contributed by atoms with Crippen molar-refractivity contribution in [2.75, 3.05) is 20.1 Å². The number of benzene rings is 1. The molecule has 1 aliphatic rings. The number of aromatic nitrogens is 1. The summed E-state index contributed by atoms with van der Waals surface area (Å²) >= 11 is 0. The third-order valence-electron chi connectivity index (χ3n) is 3.87. The highest BCUT2D eigenvalue weighted by Crippen LogP contribution is 2.18. The zero-order valence-electron chi connectivity index (χ0n) is 11.5. The molecule has 100 valence electrons. The molecular formula is C16H21N3. The third kappa shape index (κ3) is 2.94. The zero-order chi connectivity index (χ0) is 13.1. The van der Waals surface area contributed by atoms with E-state index in [9.17, 15) is 0 Å². The van der Waals surface area contributed by atoms with Crippen molar-refractivity contribution in [3.05, 3.63) is 42.1 Å². The summed E-state index contributed by atoms with van der Waals surface area (Å²) in [5.41, 5.74) is 2.46. The Hall–Kier alpha value is -1.45. The van der Waals surface area contributed by atoms with Crippen molar-refractivity contribution in [1.29, 1.82) is 0 Å². The first-order valence-electron chi connectivity index (χ1n) is 7.07. The largest absolute Gasteiger partial charge is 0.313 e. The lowest BCUT2D eigenvalue weighted by Crippen LogP contribution is -2.34. The lowest BCUT2D eigenvalue weighted by molar-refractivity contribution is 0.294. The van der Waals surface area contributed by atoms with Gasteiger partial charge in [-0.25, -0.2) is 0 Å². The van der Waals surface area contributed by atoms with E-state index in [1.54, 1.807) is 0 Å². The fraction of sp³-hybridized carbons (Fsp3) is 0.438. The molecule has 1 fully saturated rings. The standard InChI is InChI=1S/C16H21N3/c1-19(12-14-5-4-9-17-14)11-13-8-10-18-16-7-3-2-6-15(13)16/h2-3,6-8,10,14,17H,4-5,9,11-12H2,1H3. The Labute approximate surface area is 114 Å². The summed E-state index contributed by atoms with van der Waals surface area (Å²) in [4.78, 5) is 6.83. The van der Waals surface area contributed by atoms with Crippen LogP contribution in [0, 0.1) is 0 Å². The molecule has 1 atom stereocenters. The molecule has 1 saturated heterocycles. The van der Waals surface area contributed by atoms with E-state index in [2.05, 4.69) is 46.5 Å². The number of pyridine rings is 1. The predicted octanol–water partition coefficient (Wildman–Crippen LogP) is 2.42. The minimum Gasteiger partial charge on any atom is -0.313 e. The molecule has 1 aromatic heterocycles. The molecule has 0 aliphatic carbocycles. The maximum absolute atomic E-state index is 4.42. The molecule has 1 aromatic carbocycles. The first kappa shape index (κ1) is 12.6. The molecule has 3 nitrogen and oxygen atoms in total. The van der Waals surface area contributed by atoms with Gasteiger partial charge in [0, 0.05) is 30.7 Å². The predicted molar refractivity (Wildman–Crippen MR) is 79.1 cm³/mol. The van der Waals surface area contributed by atoms with Crippen LogP contribution in [0.25, 0.3) is 10.9 Å². The number of hydrogen-bond acceptors (Lipinski definition) is 3. The number of para-hydroxylation sites is 1. The summed E-state index contributed by atoms with van der Waals surface area (Å²) in [6.07, 6.45) is 4.54. The Bertz CT molecular complexity index is 541. The number of likely N-dealkylation sites (N-methyl/N-ethyl adjacent to an activating group) is 1. The average molecular weight is 255 g/mol. The molecule has 0 bridgehead atoms. The van der Waals surface area contributed by atoms with Crippen LogP contribution in [0.15, 0.2) is 36.5 Å². The van der Waals surface area contributed by atoms with Gasteiger partial charge < -0.3 is 10.2 Å². The lowest BCUT2D eigenvalue weighted by Gasteiger charge is -2.21. The van der Waals surface area contributed by atoms with Crippen molar-refractivity contribution < 1.29 is 0 Å². The second-order valence-corrected chi connectivity index (χ2v) is 5.48. The van der Waals surface area contributed by atoms with Crippen LogP contribution in [0.3, 0.4) is 0 Å². The number of nitrogens with zero attached hydrogens (tertiary/aromatic N) is 2. The first-order chi connectivity index (χ1) is 9.33. The number of nitrogens with one attached hydrogen (secondary N) is 1. The molecule has 2 heterocycles.